The molecule has 0 aliphatic rings. The third-order valence-corrected chi connectivity index (χ3v) is 3.94. The number of rotatable bonds is 7. The highest BCUT2D eigenvalue weighted by molar-refractivity contribution is 6.09. The van der Waals surface area contributed by atoms with E-state index in [0.717, 1.165) is 5.56 Å². The second-order valence-corrected chi connectivity index (χ2v) is 6.04. The first-order chi connectivity index (χ1) is 12.9. The Balaban J connectivity index is 2.37. The van der Waals surface area contributed by atoms with Gasteiger partial charge in [0.25, 0.3) is 11.8 Å². The Morgan fingerprint density at radius 2 is 1.56 bits per heavy atom. The first-order valence-corrected chi connectivity index (χ1v) is 8.28. The lowest BCUT2D eigenvalue weighted by atomic mass is 10.1. The predicted molar refractivity (Wildman–Crippen MR) is 103 cm³/mol. The van der Waals surface area contributed by atoms with Crippen LogP contribution in [0.4, 0.5) is 5.69 Å². The lowest BCUT2D eigenvalue weighted by molar-refractivity contribution is 0.0828. The van der Waals surface area contributed by atoms with Crippen LogP contribution in [0.1, 0.15) is 26.3 Å². The molecule has 144 valence electrons. The molecule has 0 spiro atoms. The first-order valence-electron chi connectivity index (χ1n) is 8.28. The van der Waals surface area contributed by atoms with Crippen molar-refractivity contribution in [2.75, 3.05) is 40.7 Å². The number of amides is 2. The summed E-state index contributed by atoms with van der Waals surface area (Å²) >= 11 is 0. The van der Waals surface area contributed by atoms with Crippen molar-refractivity contribution in [2.24, 2.45) is 0 Å². The minimum atomic E-state index is -0.334. The van der Waals surface area contributed by atoms with Gasteiger partial charge in [0.15, 0.2) is 11.5 Å². The molecule has 0 aromatic heterocycles. The lowest BCUT2D eigenvalue weighted by Crippen LogP contribution is -2.24. The molecule has 27 heavy (non-hydrogen) atoms. The highest BCUT2D eigenvalue weighted by Crippen LogP contribution is 2.34. The topological polar surface area (TPSA) is 77.1 Å². The molecule has 0 saturated carbocycles. The van der Waals surface area contributed by atoms with E-state index in [9.17, 15) is 9.59 Å². The maximum Gasteiger partial charge on any atom is 0.255 e. The predicted octanol–water partition coefficient (Wildman–Crippen LogP) is 2.80. The molecule has 0 bridgehead atoms. The maximum atomic E-state index is 12.6. The molecule has 2 rings (SSSR count). The van der Waals surface area contributed by atoms with Crippen LogP contribution < -0.4 is 14.8 Å². The van der Waals surface area contributed by atoms with E-state index in [2.05, 4.69) is 5.32 Å². The Labute approximate surface area is 158 Å². The van der Waals surface area contributed by atoms with Gasteiger partial charge in [0, 0.05) is 32.8 Å². The third-order valence-electron chi connectivity index (χ3n) is 3.94. The fourth-order valence-electron chi connectivity index (χ4n) is 2.51. The molecule has 1 N–H and O–H groups in total. The summed E-state index contributed by atoms with van der Waals surface area (Å²) in [4.78, 5) is 26.6. The highest BCUT2D eigenvalue weighted by Gasteiger charge is 2.20. The number of benzene rings is 2. The van der Waals surface area contributed by atoms with Gasteiger partial charge in [-0.2, -0.15) is 0 Å². The van der Waals surface area contributed by atoms with Crippen molar-refractivity contribution >= 4 is 17.5 Å². The number of carbonyl (C=O) groups is 2. The number of nitrogens with zero attached hydrogens (tertiary/aromatic N) is 1. The molecule has 7 nitrogen and oxygen atoms in total. The number of nitrogens with one attached hydrogen (secondary N) is 1. The number of anilines is 1. The Morgan fingerprint density at radius 1 is 0.963 bits per heavy atom. The Bertz CT molecular complexity index is 816. The smallest absolute Gasteiger partial charge is 0.255 e. The molecule has 0 radical (unpaired) electrons. The Hall–Kier alpha value is -3.06. The Kier molecular flexibility index (Phi) is 6.79. The van der Waals surface area contributed by atoms with E-state index < -0.39 is 0 Å². The molecule has 2 aromatic rings. The van der Waals surface area contributed by atoms with E-state index in [0.29, 0.717) is 34.9 Å². The molecule has 0 fully saturated rings. The van der Waals surface area contributed by atoms with Gasteiger partial charge < -0.3 is 24.4 Å². The summed E-state index contributed by atoms with van der Waals surface area (Å²) in [6, 6.07) is 10.2. The molecular weight excluding hydrogens is 348 g/mol. The number of carbonyl (C=O) groups excluding carboxylic acids is 2. The van der Waals surface area contributed by atoms with Crippen LogP contribution in [0, 0.1) is 0 Å². The minimum absolute atomic E-state index is 0.262. The fourth-order valence-corrected chi connectivity index (χ4v) is 2.51. The van der Waals surface area contributed by atoms with E-state index in [1.54, 1.807) is 45.5 Å². The zero-order valence-corrected chi connectivity index (χ0v) is 16.2. The SMILES string of the molecule is COCc1ccc(C(=O)Nc2cc(OC)c(OC)cc2C(=O)N(C)C)cc1. The van der Waals surface area contributed by atoms with Crippen LogP contribution in [0.2, 0.25) is 0 Å². The van der Waals surface area contributed by atoms with Gasteiger partial charge in [-0.1, -0.05) is 12.1 Å². The zero-order chi connectivity index (χ0) is 20.0. The van der Waals surface area contributed by atoms with Gasteiger partial charge >= 0.3 is 0 Å². The minimum Gasteiger partial charge on any atom is -0.493 e. The quantitative estimate of drug-likeness (QED) is 0.809. The molecule has 0 atom stereocenters. The second kappa shape index (κ2) is 9.05. The van der Waals surface area contributed by atoms with E-state index in [1.165, 1.54) is 19.1 Å². The zero-order valence-electron chi connectivity index (χ0n) is 16.2. The molecule has 0 heterocycles. The average Bonchev–Trinajstić information content (AvgIpc) is 2.67. The maximum absolute atomic E-state index is 12.6. The van der Waals surface area contributed by atoms with Crippen LogP contribution in [0.15, 0.2) is 36.4 Å². The van der Waals surface area contributed by atoms with Gasteiger partial charge in [-0.05, 0) is 23.8 Å². The van der Waals surface area contributed by atoms with Crippen molar-refractivity contribution in [1.29, 1.82) is 0 Å². The van der Waals surface area contributed by atoms with Crippen molar-refractivity contribution in [1.82, 2.24) is 4.90 Å². The standard InChI is InChI=1S/C20H24N2O5/c1-22(2)20(24)15-10-17(26-4)18(27-5)11-16(15)21-19(23)14-8-6-13(7-9-14)12-25-3/h6-11H,12H2,1-5H3,(H,21,23). The summed E-state index contributed by atoms with van der Waals surface area (Å²) in [6.45, 7) is 0.471. The molecule has 0 aliphatic heterocycles. The van der Waals surface area contributed by atoms with Gasteiger partial charge in [-0.3, -0.25) is 9.59 Å². The van der Waals surface area contributed by atoms with Crippen LogP contribution in [-0.4, -0.2) is 52.1 Å². The summed E-state index contributed by atoms with van der Waals surface area (Å²) in [6.07, 6.45) is 0. The van der Waals surface area contributed by atoms with Crippen molar-refractivity contribution in [3.63, 3.8) is 0 Å². The largest absolute Gasteiger partial charge is 0.493 e. The summed E-state index contributed by atoms with van der Waals surface area (Å²) in [5.41, 5.74) is 2.08. The number of methoxy groups -OCH3 is 3. The van der Waals surface area contributed by atoms with Crippen LogP contribution in [-0.2, 0) is 11.3 Å². The number of hydrogen-bond donors (Lipinski definition) is 1. The summed E-state index contributed by atoms with van der Waals surface area (Å²) in [7, 11) is 7.87. The molecular formula is C20H24N2O5. The molecule has 2 aromatic carbocycles. The van der Waals surface area contributed by atoms with Gasteiger partial charge in [0.05, 0.1) is 32.1 Å². The van der Waals surface area contributed by atoms with Crippen molar-refractivity contribution in [3.05, 3.63) is 53.1 Å². The van der Waals surface area contributed by atoms with E-state index in [4.69, 9.17) is 14.2 Å². The second-order valence-electron chi connectivity index (χ2n) is 6.04. The number of ether oxygens (including phenoxy) is 3. The van der Waals surface area contributed by atoms with Crippen LogP contribution >= 0.6 is 0 Å². The summed E-state index contributed by atoms with van der Waals surface area (Å²) < 4.78 is 15.6. The van der Waals surface area contributed by atoms with Crippen molar-refractivity contribution in [3.8, 4) is 11.5 Å². The van der Waals surface area contributed by atoms with Gasteiger partial charge in [0.1, 0.15) is 0 Å². The normalized spacial score (nSPS) is 10.3. The van der Waals surface area contributed by atoms with Crippen LogP contribution in [0.25, 0.3) is 0 Å². The summed E-state index contributed by atoms with van der Waals surface area (Å²) in [5, 5.41) is 2.79. The molecule has 0 aliphatic carbocycles. The Morgan fingerprint density at radius 3 is 2.07 bits per heavy atom. The average molecular weight is 372 g/mol. The monoisotopic (exact) mass is 372 g/mol. The third kappa shape index (κ3) is 4.77. The van der Waals surface area contributed by atoms with Crippen LogP contribution in [0.3, 0.4) is 0 Å². The molecule has 0 saturated heterocycles. The van der Waals surface area contributed by atoms with E-state index in [-0.39, 0.29) is 11.8 Å². The fraction of sp³-hybridized carbons (Fsp3) is 0.300. The van der Waals surface area contributed by atoms with Crippen molar-refractivity contribution in [2.45, 2.75) is 6.61 Å². The van der Waals surface area contributed by atoms with E-state index >= 15 is 0 Å². The molecule has 7 heteroatoms. The molecule has 2 amide bonds. The first kappa shape index (κ1) is 20.3. The highest BCUT2D eigenvalue weighted by atomic mass is 16.5. The number of hydrogen-bond acceptors (Lipinski definition) is 5. The summed E-state index contributed by atoms with van der Waals surface area (Å²) in [5.74, 6) is 0.226. The molecule has 0 unspecified atom stereocenters. The van der Waals surface area contributed by atoms with E-state index in [1.807, 2.05) is 12.1 Å². The van der Waals surface area contributed by atoms with Gasteiger partial charge in [0.2, 0.25) is 0 Å². The van der Waals surface area contributed by atoms with Crippen molar-refractivity contribution < 1.29 is 23.8 Å². The van der Waals surface area contributed by atoms with Gasteiger partial charge in [-0.25, -0.2) is 0 Å². The van der Waals surface area contributed by atoms with Crippen LogP contribution in [0.5, 0.6) is 11.5 Å². The van der Waals surface area contributed by atoms with Gasteiger partial charge in [-0.15, -0.1) is 0 Å². The lowest BCUT2D eigenvalue weighted by Gasteiger charge is -2.18.